The highest BCUT2D eigenvalue weighted by Crippen LogP contribution is 2.22. The molecule has 0 aliphatic rings. The Labute approximate surface area is 133 Å². The van der Waals surface area contributed by atoms with Crippen LogP contribution in [0, 0.1) is 0 Å². The second kappa shape index (κ2) is 8.14. The van der Waals surface area contributed by atoms with Crippen molar-refractivity contribution < 1.29 is 14.7 Å². The van der Waals surface area contributed by atoms with E-state index in [1.54, 1.807) is 23.7 Å². The molecule has 0 aromatic heterocycles. The van der Waals surface area contributed by atoms with Gasteiger partial charge in [0.1, 0.15) is 0 Å². The Morgan fingerprint density at radius 2 is 2.14 bits per heavy atom. The highest BCUT2D eigenvalue weighted by molar-refractivity contribution is 7.98. The molecule has 1 aromatic rings. The van der Waals surface area contributed by atoms with Crippen molar-refractivity contribution in [1.82, 2.24) is 4.90 Å². The quantitative estimate of drug-likeness (QED) is 0.835. The number of rotatable bonds is 6. The Morgan fingerprint density at radius 1 is 1.48 bits per heavy atom. The number of halogens is 1. The number of aromatic carboxylic acids is 1. The number of amides is 2. The van der Waals surface area contributed by atoms with Crippen LogP contribution in [0.3, 0.4) is 0 Å². The molecular formula is C14H19ClN2O3S. The molecule has 0 bridgehead atoms. The van der Waals surface area contributed by atoms with E-state index in [0.717, 1.165) is 12.2 Å². The predicted octanol–water partition coefficient (Wildman–Crippen LogP) is 3.64. The van der Waals surface area contributed by atoms with Crippen LogP contribution < -0.4 is 5.32 Å². The third-order valence-electron chi connectivity index (χ3n) is 3.15. The first-order chi connectivity index (χ1) is 9.90. The number of anilines is 1. The summed E-state index contributed by atoms with van der Waals surface area (Å²) in [5.74, 6) is -0.289. The van der Waals surface area contributed by atoms with Crippen molar-refractivity contribution in [2.75, 3.05) is 24.4 Å². The molecule has 116 valence electrons. The van der Waals surface area contributed by atoms with Crippen molar-refractivity contribution in [3.63, 3.8) is 0 Å². The number of hydrogen-bond acceptors (Lipinski definition) is 3. The molecule has 5 nitrogen and oxygen atoms in total. The molecule has 0 radical (unpaired) electrons. The Balaban J connectivity index is 2.92. The summed E-state index contributed by atoms with van der Waals surface area (Å²) in [4.78, 5) is 25.0. The van der Waals surface area contributed by atoms with Crippen LogP contribution >= 0.6 is 23.4 Å². The second-order valence-electron chi connectivity index (χ2n) is 4.55. The highest BCUT2D eigenvalue weighted by atomic mass is 35.5. The number of carboxylic acids is 1. The van der Waals surface area contributed by atoms with Gasteiger partial charge in [-0.05, 0) is 30.9 Å². The van der Waals surface area contributed by atoms with Gasteiger partial charge in [0.05, 0.1) is 11.3 Å². The number of hydrogen-bond donors (Lipinski definition) is 2. The molecule has 2 N–H and O–H groups in total. The minimum absolute atomic E-state index is 0.0130. The lowest BCUT2D eigenvalue weighted by Gasteiger charge is -2.27. The average molecular weight is 331 g/mol. The number of carboxylic acid groups (broad SMARTS) is 1. The third kappa shape index (κ3) is 4.82. The van der Waals surface area contributed by atoms with E-state index >= 15 is 0 Å². The zero-order valence-corrected chi connectivity index (χ0v) is 13.8. The lowest BCUT2D eigenvalue weighted by atomic mass is 10.2. The maximum atomic E-state index is 12.2. The van der Waals surface area contributed by atoms with Crippen molar-refractivity contribution in [2.45, 2.75) is 19.4 Å². The van der Waals surface area contributed by atoms with E-state index in [1.165, 1.54) is 18.2 Å². The van der Waals surface area contributed by atoms with Crippen LogP contribution in [-0.2, 0) is 0 Å². The van der Waals surface area contributed by atoms with Gasteiger partial charge in [-0.15, -0.1) is 0 Å². The van der Waals surface area contributed by atoms with Crippen LogP contribution in [0.2, 0.25) is 5.02 Å². The van der Waals surface area contributed by atoms with Crippen LogP contribution in [0.25, 0.3) is 0 Å². The van der Waals surface area contributed by atoms with Gasteiger partial charge in [-0.3, -0.25) is 0 Å². The van der Waals surface area contributed by atoms with Gasteiger partial charge in [-0.25, -0.2) is 9.59 Å². The van der Waals surface area contributed by atoms with Gasteiger partial charge in [-0.2, -0.15) is 11.8 Å². The maximum absolute atomic E-state index is 12.2. The molecule has 1 aromatic carbocycles. The summed E-state index contributed by atoms with van der Waals surface area (Å²) in [6, 6.07) is 4.03. The van der Waals surface area contributed by atoms with Crippen LogP contribution in [0.4, 0.5) is 10.5 Å². The van der Waals surface area contributed by atoms with E-state index in [-0.39, 0.29) is 23.3 Å². The van der Waals surface area contributed by atoms with E-state index in [0.29, 0.717) is 5.02 Å². The normalized spacial score (nSPS) is 11.8. The van der Waals surface area contributed by atoms with Crippen LogP contribution in [-0.4, -0.2) is 47.1 Å². The SMILES string of the molecule is CCC(CSC)N(C)C(=O)Nc1cc(Cl)ccc1C(=O)O. The number of carbonyl (C=O) groups is 2. The van der Waals surface area contributed by atoms with Gasteiger partial charge in [0.2, 0.25) is 0 Å². The molecule has 0 fully saturated rings. The van der Waals surface area contributed by atoms with Gasteiger partial charge in [-0.1, -0.05) is 18.5 Å². The number of urea groups is 1. The summed E-state index contributed by atoms with van der Waals surface area (Å²) in [5, 5.41) is 12.1. The molecule has 1 rings (SSSR count). The topological polar surface area (TPSA) is 69.6 Å². The van der Waals surface area contributed by atoms with Crippen molar-refractivity contribution in [2.24, 2.45) is 0 Å². The standard InChI is InChI=1S/C14H19ClN2O3S/c1-4-10(8-21-3)17(2)14(20)16-12-7-9(15)5-6-11(12)13(18)19/h5-7,10H,4,8H2,1-3H3,(H,16,20)(H,18,19). The largest absolute Gasteiger partial charge is 0.478 e. The fourth-order valence-corrected chi connectivity index (χ4v) is 2.89. The first-order valence-electron chi connectivity index (χ1n) is 6.46. The molecular weight excluding hydrogens is 312 g/mol. The van der Waals surface area contributed by atoms with Crippen molar-refractivity contribution >= 4 is 41.1 Å². The van der Waals surface area contributed by atoms with Crippen LogP contribution in [0.1, 0.15) is 23.7 Å². The minimum atomic E-state index is -1.11. The van der Waals surface area contributed by atoms with Crippen LogP contribution in [0.5, 0.6) is 0 Å². The highest BCUT2D eigenvalue weighted by Gasteiger charge is 2.20. The first-order valence-corrected chi connectivity index (χ1v) is 8.23. The van der Waals surface area contributed by atoms with Crippen molar-refractivity contribution in [1.29, 1.82) is 0 Å². The molecule has 0 aliphatic heterocycles. The van der Waals surface area contributed by atoms with E-state index in [9.17, 15) is 9.59 Å². The third-order valence-corrected chi connectivity index (χ3v) is 4.11. The zero-order chi connectivity index (χ0) is 16.0. The Morgan fingerprint density at radius 3 is 2.67 bits per heavy atom. The number of carbonyl (C=O) groups excluding carboxylic acids is 1. The molecule has 2 amide bonds. The molecule has 0 spiro atoms. The molecule has 0 aliphatic carbocycles. The molecule has 0 heterocycles. The molecule has 21 heavy (non-hydrogen) atoms. The summed E-state index contributed by atoms with van der Waals surface area (Å²) in [6.45, 7) is 2.01. The lowest BCUT2D eigenvalue weighted by Crippen LogP contribution is -2.41. The molecule has 1 atom stereocenters. The van der Waals surface area contributed by atoms with Gasteiger partial charge in [0.15, 0.2) is 0 Å². The van der Waals surface area contributed by atoms with E-state index in [4.69, 9.17) is 16.7 Å². The van der Waals surface area contributed by atoms with Gasteiger partial charge >= 0.3 is 12.0 Å². The summed E-state index contributed by atoms with van der Waals surface area (Å²) in [5.41, 5.74) is 0.213. The van der Waals surface area contributed by atoms with Gasteiger partial charge < -0.3 is 15.3 Å². The smallest absolute Gasteiger partial charge is 0.337 e. The predicted molar refractivity (Wildman–Crippen MR) is 87.7 cm³/mol. The zero-order valence-electron chi connectivity index (χ0n) is 12.2. The van der Waals surface area contributed by atoms with Crippen LogP contribution in [0.15, 0.2) is 18.2 Å². The monoisotopic (exact) mass is 330 g/mol. The fourth-order valence-electron chi connectivity index (χ4n) is 1.87. The molecule has 0 saturated heterocycles. The molecule has 0 saturated carbocycles. The fraction of sp³-hybridized carbons (Fsp3) is 0.429. The summed E-state index contributed by atoms with van der Waals surface area (Å²) in [6.07, 6.45) is 2.81. The van der Waals surface area contributed by atoms with Crippen molar-refractivity contribution in [3.05, 3.63) is 28.8 Å². The number of benzene rings is 1. The Kier molecular flexibility index (Phi) is 6.84. The second-order valence-corrected chi connectivity index (χ2v) is 5.90. The Bertz CT molecular complexity index is 525. The van der Waals surface area contributed by atoms with Gasteiger partial charge in [0.25, 0.3) is 0 Å². The number of thioether (sulfide) groups is 1. The number of nitrogens with one attached hydrogen (secondary N) is 1. The summed E-state index contributed by atoms with van der Waals surface area (Å²) in [7, 11) is 1.70. The van der Waals surface area contributed by atoms with Gasteiger partial charge in [0, 0.05) is 23.9 Å². The summed E-state index contributed by atoms with van der Waals surface area (Å²) >= 11 is 7.52. The molecule has 7 heteroatoms. The van der Waals surface area contributed by atoms with E-state index in [2.05, 4.69) is 5.32 Å². The van der Waals surface area contributed by atoms with E-state index < -0.39 is 5.97 Å². The lowest BCUT2D eigenvalue weighted by molar-refractivity contribution is 0.0698. The van der Waals surface area contributed by atoms with E-state index in [1.807, 2.05) is 13.2 Å². The number of nitrogens with zero attached hydrogens (tertiary/aromatic N) is 1. The van der Waals surface area contributed by atoms with Crippen molar-refractivity contribution in [3.8, 4) is 0 Å². The average Bonchev–Trinajstić information content (AvgIpc) is 2.43. The maximum Gasteiger partial charge on any atom is 0.337 e. The Hall–Kier alpha value is -1.40. The molecule has 1 unspecified atom stereocenters. The summed E-state index contributed by atoms with van der Waals surface area (Å²) < 4.78 is 0. The first kappa shape index (κ1) is 17.7. The minimum Gasteiger partial charge on any atom is -0.478 e.